The Hall–Kier alpha value is -3.46. The van der Waals surface area contributed by atoms with Crippen LogP contribution in [0.1, 0.15) is 43.6 Å². The number of benzene rings is 1. The van der Waals surface area contributed by atoms with Crippen molar-refractivity contribution in [3.8, 4) is 11.5 Å². The first-order chi connectivity index (χ1) is 15.5. The number of carbonyl (C=O) groups excluding carboxylic acids is 3. The lowest BCUT2D eigenvalue weighted by molar-refractivity contribution is -0.141. The molecule has 0 radical (unpaired) electrons. The average Bonchev–Trinajstić information content (AvgIpc) is 3.44. The summed E-state index contributed by atoms with van der Waals surface area (Å²) >= 11 is 1.28. The molecule has 0 bridgehead atoms. The number of hydrogen-bond acceptors (Lipinski definition) is 6. The molecule has 4 rings (SSSR count). The molecule has 1 aliphatic heterocycles. The summed E-state index contributed by atoms with van der Waals surface area (Å²) < 4.78 is 5.73. The minimum Gasteiger partial charge on any atom is -0.458 e. The number of hydrogen-bond donors (Lipinski definition) is 2. The number of anilines is 1. The van der Waals surface area contributed by atoms with Crippen LogP contribution in [-0.4, -0.2) is 34.2 Å². The minimum atomic E-state index is -0.704. The van der Waals surface area contributed by atoms with E-state index in [1.165, 1.54) is 18.3 Å². The lowest BCUT2D eigenvalue weighted by atomic mass is 10.0. The van der Waals surface area contributed by atoms with Gasteiger partial charge in [0.2, 0.25) is 11.8 Å². The van der Waals surface area contributed by atoms with Crippen molar-refractivity contribution >= 4 is 34.2 Å². The van der Waals surface area contributed by atoms with Crippen molar-refractivity contribution in [3.63, 3.8) is 0 Å². The number of carbonyl (C=O) groups is 3. The van der Waals surface area contributed by atoms with E-state index in [4.69, 9.17) is 4.42 Å². The van der Waals surface area contributed by atoms with Gasteiger partial charge in [0.05, 0.1) is 6.54 Å². The Morgan fingerprint density at radius 3 is 2.75 bits per heavy atom. The van der Waals surface area contributed by atoms with Gasteiger partial charge in [0.1, 0.15) is 17.5 Å². The van der Waals surface area contributed by atoms with E-state index in [0.717, 1.165) is 18.4 Å². The van der Waals surface area contributed by atoms with E-state index in [1.54, 1.807) is 22.4 Å². The lowest BCUT2D eigenvalue weighted by Crippen LogP contribution is -2.43. The summed E-state index contributed by atoms with van der Waals surface area (Å²) in [5.41, 5.74) is 1.36. The number of rotatable bonds is 7. The van der Waals surface area contributed by atoms with Gasteiger partial charge in [-0.25, -0.2) is 4.98 Å². The number of aromatic nitrogens is 1. The summed E-state index contributed by atoms with van der Waals surface area (Å²) in [7, 11) is 0. The number of likely N-dealkylation sites (tertiary alicyclic amines) is 1. The van der Waals surface area contributed by atoms with Gasteiger partial charge in [0, 0.05) is 25.3 Å². The smallest absolute Gasteiger partial charge is 0.253 e. The fourth-order valence-electron chi connectivity index (χ4n) is 3.65. The van der Waals surface area contributed by atoms with Gasteiger partial charge in [0.25, 0.3) is 5.91 Å². The Labute approximate surface area is 189 Å². The van der Waals surface area contributed by atoms with Gasteiger partial charge in [-0.1, -0.05) is 30.3 Å². The molecule has 1 aromatic carbocycles. The highest BCUT2D eigenvalue weighted by Crippen LogP contribution is 2.30. The van der Waals surface area contributed by atoms with Crippen LogP contribution in [0.3, 0.4) is 0 Å². The maximum atomic E-state index is 13.3. The van der Waals surface area contributed by atoms with Crippen molar-refractivity contribution in [1.29, 1.82) is 0 Å². The largest absolute Gasteiger partial charge is 0.458 e. The number of furan rings is 1. The van der Waals surface area contributed by atoms with E-state index < -0.39 is 6.04 Å². The number of amides is 3. The summed E-state index contributed by atoms with van der Waals surface area (Å²) in [5.74, 6) is 0.719. The van der Waals surface area contributed by atoms with Gasteiger partial charge in [0.15, 0.2) is 10.9 Å². The highest BCUT2D eigenvalue weighted by atomic mass is 32.1. The Kier molecular flexibility index (Phi) is 6.65. The van der Waals surface area contributed by atoms with Crippen LogP contribution < -0.4 is 10.6 Å². The van der Waals surface area contributed by atoms with Crippen molar-refractivity contribution in [2.45, 2.75) is 38.8 Å². The molecule has 9 heteroatoms. The molecule has 1 atom stereocenters. The molecule has 3 heterocycles. The third kappa shape index (κ3) is 5.05. The maximum Gasteiger partial charge on any atom is 0.253 e. The molecule has 1 aliphatic rings. The van der Waals surface area contributed by atoms with Gasteiger partial charge >= 0.3 is 0 Å². The standard InChI is InChI=1S/C23H24N4O4S/c1-15(28)24-13-17-10-11-19(31-17)18-14-32-23(25-18)26-22(30)21(16-7-3-2-4-8-16)27-12-6-5-9-20(27)29/h2-4,7-8,10-11,14,21H,5-6,9,12-13H2,1H3,(H,24,28)(H,25,26,30). The van der Waals surface area contributed by atoms with Crippen LogP contribution in [0.5, 0.6) is 0 Å². The molecule has 0 aliphatic carbocycles. The van der Waals surface area contributed by atoms with E-state index in [1.807, 2.05) is 30.3 Å². The van der Waals surface area contributed by atoms with Crippen LogP contribution in [0.2, 0.25) is 0 Å². The topological polar surface area (TPSA) is 105 Å². The van der Waals surface area contributed by atoms with Gasteiger partial charge in [-0.3, -0.25) is 19.7 Å². The summed E-state index contributed by atoms with van der Waals surface area (Å²) in [5, 5.41) is 7.77. The Morgan fingerprint density at radius 1 is 1.19 bits per heavy atom. The second-order valence-electron chi connectivity index (χ2n) is 7.56. The predicted molar refractivity (Wildman–Crippen MR) is 121 cm³/mol. The van der Waals surface area contributed by atoms with E-state index in [9.17, 15) is 14.4 Å². The molecule has 2 N–H and O–H groups in total. The predicted octanol–water partition coefficient (Wildman–Crippen LogP) is 3.73. The zero-order valence-corrected chi connectivity index (χ0v) is 18.5. The summed E-state index contributed by atoms with van der Waals surface area (Å²) in [6.45, 7) is 2.30. The van der Waals surface area contributed by atoms with Crippen LogP contribution in [0.25, 0.3) is 11.5 Å². The molecule has 32 heavy (non-hydrogen) atoms. The number of nitrogens with one attached hydrogen (secondary N) is 2. The zero-order valence-electron chi connectivity index (χ0n) is 17.7. The maximum absolute atomic E-state index is 13.3. The number of thiazole rings is 1. The van der Waals surface area contributed by atoms with Crippen LogP contribution in [-0.2, 0) is 20.9 Å². The van der Waals surface area contributed by atoms with Crippen molar-refractivity contribution < 1.29 is 18.8 Å². The van der Waals surface area contributed by atoms with Crippen LogP contribution in [0.4, 0.5) is 5.13 Å². The summed E-state index contributed by atoms with van der Waals surface area (Å²) in [6.07, 6.45) is 2.18. The van der Waals surface area contributed by atoms with Crippen LogP contribution in [0.15, 0.2) is 52.3 Å². The summed E-state index contributed by atoms with van der Waals surface area (Å²) in [4.78, 5) is 43.0. The molecule has 8 nitrogen and oxygen atoms in total. The molecule has 3 aromatic rings. The average molecular weight is 453 g/mol. The van der Waals surface area contributed by atoms with Crippen LogP contribution in [0, 0.1) is 0 Å². The summed E-state index contributed by atoms with van der Waals surface area (Å²) in [6, 6.07) is 12.2. The zero-order chi connectivity index (χ0) is 22.5. The first-order valence-electron chi connectivity index (χ1n) is 10.5. The van der Waals surface area contributed by atoms with E-state index in [0.29, 0.717) is 41.9 Å². The highest BCUT2D eigenvalue weighted by Gasteiger charge is 2.33. The molecule has 1 unspecified atom stereocenters. The Bertz CT molecular complexity index is 1110. The van der Waals surface area contributed by atoms with Crippen molar-refractivity contribution in [2.24, 2.45) is 0 Å². The van der Waals surface area contributed by atoms with Gasteiger partial charge < -0.3 is 14.6 Å². The molecule has 1 saturated heterocycles. The molecule has 2 aromatic heterocycles. The normalized spacial score (nSPS) is 14.8. The second kappa shape index (κ2) is 9.78. The van der Waals surface area contributed by atoms with Crippen molar-refractivity contribution in [2.75, 3.05) is 11.9 Å². The quantitative estimate of drug-likeness (QED) is 0.568. The fraction of sp³-hybridized carbons (Fsp3) is 0.304. The third-order valence-corrected chi connectivity index (χ3v) is 5.95. The molecule has 0 spiro atoms. The number of piperidine rings is 1. The molecule has 1 fully saturated rings. The van der Waals surface area contributed by atoms with Gasteiger partial charge in [-0.2, -0.15) is 0 Å². The molecular weight excluding hydrogens is 428 g/mol. The van der Waals surface area contributed by atoms with E-state index in [-0.39, 0.29) is 17.7 Å². The SMILES string of the molecule is CC(=O)NCc1ccc(-c2csc(NC(=O)C(c3ccccc3)N3CCCCC3=O)n2)o1. The lowest BCUT2D eigenvalue weighted by Gasteiger charge is -2.33. The minimum absolute atomic E-state index is 0.0117. The van der Waals surface area contributed by atoms with Gasteiger partial charge in [-0.05, 0) is 30.5 Å². The Balaban J connectivity index is 1.50. The molecule has 166 valence electrons. The molecular formula is C23H24N4O4S. The van der Waals surface area contributed by atoms with Crippen molar-refractivity contribution in [1.82, 2.24) is 15.2 Å². The van der Waals surface area contributed by atoms with Gasteiger partial charge in [-0.15, -0.1) is 11.3 Å². The second-order valence-corrected chi connectivity index (χ2v) is 8.42. The van der Waals surface area contributed by atoms with E-state index >= 15 is 0 Å². The number of nitrogens with zero attached hydrogens (tertiary/aromatic N) is 2. The first kappa shape index (κ1) is 21.8. The Morgan fingerprint density at radius 2 is 2.00 bits per heavy atom. The van der Waals surface area contributed by atoms with Crippen molar-refractivity contribution in [3.05, 3.63) is 59.2 Å². The third-order valence-electron chi connectivity index (χ3n) is 5.20. The highest BCUT2D eigenvalue weighted by molar-refractivity contribution is 7.14. The first-order valence-corrected chi connectivity index (χ1v) is 11.3. The van der Waals surface area contributed by atoms with Crippen LogP contribution >= 0.6 is 11.3 Å². The monoisotopic (exact) mass is 452 g/mol. The molecule has 3 amide bonds. The molecule has 0 saturated carbocycles. The van der Waals surface area contributed by atoms with E-state index in [2.05, 4.69) is 15.6 Å². The fourth-order valence-corrected chi connectivity index (χ4v) is 4.35.